The number of benzene rings is 2. The molecule has 2 heterocycles. The third-order valence-electron chi connectivity index (χ3n) is 7.38. The highest BCUT2D eigenvalue weighted by Gasteiger charge is 2.16. The van der Waals surface area contributed by atoms with E-state index in [1.54, 1.807) is 30.5 Å². The smallest absolute Gasteiger partial charge is 0.354 e. The minimum absolute atomic E-state index is 0.0181. The first-order valence-corrected chi connectivity index (χ1v) is 14.8. The number of rotatable bonds is 14. The van der Waals surface area contributed by atoms with Crippen LogP contribution in [0.4, 0.5) is 4.39 Å². The summed E-state index contributed by atoms with van der Waals surface area (Å²) < 4.78 is 16.6. The Morgan fingerprint density at radius 2 is 1.95 bits per heavy atom. The summed E-state index contributed by atoms with van der Waals surface area (Å²) >= 11 is 6.24. The van der Waals surface area contributed by atoms with E-state index >= 15 is 4.39 Å². The molecule has 0 aliphatic heterocycles. The molecule has 2 aromatic heterocycles. The number of nitrogens with zero attached hydrogens (tertiary/aromatic N) is 3. The molecule has 3 atom stereocenters. The maximum atomic E-state index is 15.1. The second kappa shape index (κ2) is 14.5. The third kappa shape index (κ3) is 8.31. The van der Waals surface area contributed by atoms with Crippen molar-refractivity contribution in [3.05, 3.63) is 93.8 Å². The molecule has 43 heavy (non-hydrogen) atoms. The Labute approximate surface area is 256 Å². The summed E-state index contributed by atoms with van der Waals surface area (Å²) in [7, 11) is 0. The molecule has 4 rings (SSSR count). The van der Waals surface area contributed by atoms with Crippen LogP contribution in [0.3, 0.4) is 0 Å². The number of aryl methyl sites for hydroxylation is 1. The van der Waals surface area contributed by atoms with Gasteiger partial charge in [0, 0.05) is 29.2 Å². The molecule has 0 unspecified atom stereocenters. The quantitative estimate of drug-likeness (QED) is 0.0764. The normalized spacial score (nSPS) is 13.5. The van der Waals surface area contributed by atoms with Gasteiger partial charge in [-0.1, -0.05) is 29.8 Å². The van der Waals surface area contributed by atoms with Gasteiger partial charge in [0.2, 0.25) is 0 Å². The molecule has 0 spiro atoms. The molecule has 0 amide bonds. The number of aromatic amines is 1. The predicted molar refractivity (Wildman–Crippen MR) is 174 cm³/mol. The minimum atomic E-state index is -0.523. The second-order valence-electron chi connectivity index (χ2n) is 11.0. The van der Waals surface area contributed by atoms with Crippen LogP contribution >= 0.6 is 11.6 Å². The fourth-order valence-electron chi connectivity index (χ4n) is 5.08. The minimum Gasteiger partial charge on any atom is -0.370 e. The van der Waals surface area contributed by atoms with Crippen LogP contribution < -0.4 is 28.2 Å². The van der Waals surface area contributed by atoms with E-state index in [2.05, 4.69) is 33.8 Å². The fraction of sp³-hybridized carbons (Fsp3) is 0.344. The number of nitrogens with one attached hydrogen (secondary N) is 2. The van der Waals surface area contributed by atoms with Crippen LogP contribution in [0.1, 0.15) is 56.7 Å². The number of hydrogen-bond donors (Lipinski definition) is 5. The highest BCUT2D eigenvalue weighted by atomic mass is 35.5. The van der Waals surface area contributed by atoms with Crippen LogP contribution in [-0.2, 0) is 6.42 Å². The molecule has 0 aliphatic carbocycles. The summed E-state index contributed by atoms with van der Waals surface area (Å²) in [6.45, 7) is 8.52. The summed E-state index contributed by atoms with van der Waals surface area (Å²) in [5, 5.41) is 4.20. The van der Waals surface area contributed by atoms with Gasteiger partial charge in [0.05, 0.1) is 22.4 Å². The molecule has 11 heteroatoms. The van der Waals surface area contributed by atoms with Crippen molar-refractivity contribution in [1.82, 2.24) is 19.9 Å². The second-order valence-corrected chi connectivity index (χ2v) is 11.4. The Balaban J connectivity index is 1.51. The molecular weight excluding hydrogens is 567 g/mol. The Morgan fingerprint density at radius 3 is 2.63 bits per heavy atom. The van der Waals surface area contributed by atoms with Gasteiger partial charge in [0.1, 0.15) is 5.65 Å². The number of aliphatic imine (C=N–C) groups is 1. The van der Waals surface area contributed by atoms with E-state index in [-0.39, 0.29) is 29.1 Å². The van der Waals surface area contributed by atoms with Gasteiger partial charge in [0.15, 0.2) is 11.8 Å². The van der Waals surface area contributed by atoms with E-state index < -0.39 is 11.5 Å². The zero-order chi connectivity index (χ0) is 31.1. The summed E-state index contributed by atoms with van der Waals surface area (Å²) in [5.41, 5.74) is 20.3. The SMILES string of the molecule is C=CC[C@H](CCN[C@@H](C)c1ccc(-n2cc3cc(-c4cc(CCC[C@H](C)N)cc(Cl)c4F)[nH]c3nc2=O)cc1)N=C(N)N. The van der Waals surface area contributed by atoms with Crippen LogP contribution in [0.25, 0.3) is 28.0 Å². The molecule has 8 N–H and O–H groups in total. The van der Waals surface area contributed by atoms with Crippen molar-refractivity contribution < 1.29 is 4.39 Å². The average Bonchev–Trinajstić information content (AvgIpc) is 3.36. The van der Waals surface area contributed by atoms with E-state index in [0.717, 1.165) is 43.4 Å². The van der Waals surface area contributed by atoms with Gasteiger partial charge in [-0.15, -0.1) is 6.58 Å². The lowest BCUT2D eigenvalue weighted by molar-refractivity contribution is 0.517. The van der Waals surface area contributed by atoms with Crippen molar-refractivity contribution in [2.75, 3.05) is 6.54 Å². The number of fused-ring (bicyclic) bond motifs is 1. The van der Waals surface area contributed by atoms with Gasteiger partial charge in [-0.05, 0) is 94.0 Å². The van der Waals surface area contributed by atoms with Crippen molar-refractivity contribution in [2.45, 2.75) is 64.1 Å². The standard InChI is InChI=1S/C32H40ClFN8O/c1-4-6-24(39-31(36)37)13-14-38-20(3)22-9-11-25(12-10-22)42-18-23-17-28(40-30(23)41-32(42)43)26-15-21(8-5-7-19(2)35)16-27(33)29(26)34/h4,9-12,15-20,24,38H,1,5-8,13-14,35H2,2-3H3,(H4,36,37,39)(H,40,41,43)/t19-,20-,24+/m0/s1. The Kier molecular flexibility index (Phi) is 10.7. The summed E-state index contributed by atoms with van der Waals surface area (Å²) in [4.78, 5) is 24.5. The maximum absolute atomic E-state index is 15.1. The van der Waals surface area contributed by atoms with Gasteiger partial charge >= 0.3 is 5.69 Å². The van der Waals surface area contributed by atoms with Gasteiger partial charge in [-0.2, -0.15) is 4.98 Å². The topological polar surface area (TPSA) is 153 Å². The number of guanidine groups is 1. The van der Waals surface area contributed by atoms with E-state index in [1.165, 1.54) is 4.57 Å². The monoisotopic (exact) mass is 606 g/mol. The van der Waals surface area contributed by atoms with Gasteiger partial charge in [-0.25, -0.2) is 14.2 Å². The van der Waals surface area contributed by atoms with Crippen molar-refractivity contribution in [2.24, 2.45) is 22.2 Å². The Hall–Kier alpha value is -3.99. The first-order valence-electron chi connectivity index (χ1n) is 14.4. The van der Waals surface area contributed by atoms with Crippen molar-refractivity contribution in [1.29, 1.82) is 0 Å². The molecule has 228 valence electrons. The molecular formula is C32H40ClFN8O. The first-order chi connectivity index (χ1) is 20.5. The lowest BCUT2D eigenvalue weighted by atomic mass is 10.0. The third-order valence-corrected chi connectivity index (χ3v) is 7.66. The van der Waals surface area contributed by atoms with E-state index in [4.69, 9.17) is 28.8 Å². The zero-order valence-electron chi connectivity index (χ0n) is 24.6. The number of nitrogens with two attached hydrogens (primary N) is 3. The molecule has 0 fully saturated rings. The number of hydrogen-bond acceptors (Lipinski definition) is 5. The highest BCUT2D eigenvalue weighted by Crippen LogP contribution is 2.31. The highest BCUT2D eigenvalue weighted by molar-refractivity contribution is 6.31. The largest absolute Gasteiger partial charge is 0.370 e. The zero-order valence-corrected chi connectivity index (χ0v) is 25.4. The first kappa shape index (κ1) is 31.9. The Morgan fingerprint density at radius 1 is 1.21 bits per heavy atom. The summed E-state index contributed by atoms with van der Waals surface area (Å²) in [5.74, 6) is -0.450. The van der Waals surface area contributed by atoms with E-state index in [9.17, 15) is 4.79 Å². The summed E-state index contributed by atoms with van der Waals surface area (Å²) in [6.07, 6.45) is 7.44. The van der Waals surface area contributed by atoms with Gasteiger partial charge < -0.3 is 27.5 Å². The van der Waals surface area contributed by atoms with Crippen LogP contribution in [-0.4, -0.2) is 39.1 Å². The van der Waals surface area contributed by atoms with Crippen LogP contribution in [0.2, 0.25) is 5.02 Å². The molecule has 0 saturated carbocycles. The Bertz CT molecular complexity index is 1640. The lowest BCUT2D eigenvalue weighted by Crippen LogP contribution is -2.28. The molecule has 0 bridgehead atoms. The molecule has 0 saturated heterocycles. The van der Waals surface area contributed by atoms with E-state index in [0.29, 0.717) is 34.4 Å². The molecule has 2 aromatic carbocycles. The molecule has 0 radical (unpaired) electrons. The van der Waals surface area contributed by atoms with Crippen LogP contribution in [0, 0.1) is 5.82 Å². The summed E-state index contributed by atoms with van der Waals surface area (Å²) in [6, 6.07) is 13.1. The number of aromatic nitrogens is 3. The van der Waals surface area contributed by atoms with Crippen molar-refractivity contribution in [3.8, 4) is 16.9 Å². The predicted octanol–water partition coefficient (Wildman–Crippen LogP) is 5.10. The van der Waals surface area contributed by atoms with Crippen LogP contribution in [0.5, 0.6) is 0 Å². The fourth-order valence-corrected chi connectivity index (χ4v) is 5.33. The van der Waals surface area contributed by atoms with Gasteiger partial charge in [0.25, 0.3) is 0 Å². The maximum Gasteiger partial charge on any atom is 0.354 e. The van der Waals surface area contributed by atoms with Crippen molar-refractivity contribution >= 4 is 28.6 Å². The van der Waals surface area contributed by atoms with E-state index in [1.807, 2.05) is 31.2 Å². The number of halogens is 2. The van der Waals surface area contributed by atoms with Crippen molar-refractivity contribution in [3.63, 3.8) is 0 Å². The molecule has 0 aliphatic rings. The van der Waals surface area contributed by atoms with Crippen LogP contribution in [0.15, 0.2) is 71.1 Å². The average molecular weight is 607 g/mol. The van der Waals surface area contributed by atoms with Gasteiger partial charge in [-0.3, -0.25) is 4.57 Å². The number of H-pyrrole nitrogens is 1. The molecule has 9 nitrogen and oxygen atoms in total. The molecule has 4 aromatic rings. The lowest BCUT2D eigenvalue weighted by Gasteiger charge is -2.17.